The van der Waals surface area contributed by atoms with Crippen molar-refractivity contribution in [3.63, 3.8) is 0 Å². The summed E-state index contributed by atoms with van der Waals surface area (Å²) in [7, 11) is 3.17. The van der Waals surface area contributed by atoms with Crippen LogP contribution in [0.1, 0.15) is 5.56 Å². The summed E-state index contributed by atoms with van der Waals surface area (Å²) in [4.78, 5) is 0. The summed E-state index contributed by atoms with van der Waals surface area (Å²) in [6.45, 7) is 0.916. The van der Waals surface area contributed by atoms with Crippen molar-refractivity contribution in [1.82, 2.24) is 0 Å². The Kier molecular flexibility index (Phi) is 4.93. The molecule has 0 saturated heterocycles. The molecule has 15 heavy (non-hydrogen) atoms. The molecule has 0 aliphatic heterocycles. The Labute approximate surface area is 89.4 Å². The van der Waals surface area contributed by atoms with Gasteiger partial charge in [-0.05, 0) is 6.07 Å². The average Bonchev–Trinajstić information content (AvgIpc) is 2.29. The van der Waals surface area contributed by atoms with Crippen molar-refractivity contribution in [2.24, 2.45) is 0 Å². The molecule has 0 heterocycles. The van der Waals surface area contributed by atoms with Gasteiger partial charge < -0.3 is 19.3 Å². The maximum Gasteiger partial charge on any atom is 0.166 e. The van der Waals surface area contributed by atoms with Crippen molar-refractivity contribution in [3.05, 3.63) is 23.8 Å². The Morgan fingerprint density at radius 3 is 2.60 bits per heavy atom. The molecule has 1 aromatic rings. The summed E-state index contributed by atoms with van der Waals surface area (Å²) >= 11 is 0. The van der Waals surface area contributed by atoms with Gasteiger partial charge in [0.1, 0.15) is 6.61 Å². The molecule has 1 rings (SSSR count). The van der Waals surface area contributed by atoms with E-state index in [1.54, 1.807) is 26.4 Å². The van der Waals surface area contributed by atoms with Gasteiger partial charge in [0.25, 0.3) is 0 Å². The zero-order chi connectivity index (χ0) is 11.1. The number of hydrogen-bond donors (Lipinski definition) is 1. The van der Waals surface area contributed by atoms with Gasteiger partial charge in [0, 0.05) is 12.7 Å². The van der Waals surface area contributed by atoms with Crippen LogP contribution in [0.25, 0.3) is 0 Å². The molecule has 0 atom stereocenters. The van der Waals surface area contributed by atoms with Crippen LogP contribution in [-0.4, -0.2) is 32.5 Å². The summed E-state index contributed by atoms with van der Waals surface area (Å²) in [5.74, 6) is 1.21. The maximum absolute atomic E-state index is 9.09. The van der Waals surface area contributed by atoms with E-state index in [9.17, 15) is 0 Å². The number of benzene rings is 1. The van der Waals surface area contributed by atoms with Crippen molar-refractivity contribution >= 4 is 0 Å². The highest BCUT2D eigenvalue weighted by molar-refractivity contribution is 5.46. The van der Waals surface area contributed by atoms with Crippen LogP contribution in [-0.2, 0) is 11.3 Å². The van der Waals surface area contributed by atoms with Gasteiger partial charge in [-0.15, -0.1) is 0 Å². The van der Waals surface area contributed by atoms with Crippen LogP contribution in [0.15, 0.2) is 18.2 Å². The number of aliphatic hydroxyl groups is 1. The van der Waals surface area contributed by atoms with E-state index in [2.05, 4.69) is 0 Å². The third-order valence-electron chi connectivity index (χ3n) is 1.98. The van der Waals surface area contributed by atoms with E-state index in [-0.39, 0.29) is 6.61 Å². The molecule has 0 amide bonds. The highest BCUT2D eigenvalue weighted by Crippen LogP contribution is 2.30. The third-order valence-corrected chi connectivity index (χ3v) is 1.98. The second-order valence-electron chi connectivity index (χ2n) is 2.95. The highest BCUT2D eigenvalue weighted by atomic mass is 16.5. The fourth-order valence-corrected chi connectivity index (χ4v) is 1.27. The number of ether oxygens (including phenoxy) is 3. The van der Waals surface area contributed by atoms with Gasteiger partial charge in [0.05, 0.1) is 20.3 Å². The number of rotatable bonds is 6. The van der Waals surface area contributed by atoms with Crippen molar-refractivity contribution in [2.75, 3.05) is 27.4 Å². The Bertz CT molecular complexity index is 299. The molecule has 0 saturated carbocycles. The van der Waals surface area contributed by atoms with Gasteiger partial charge in [0.15, 0.2) is 11.5 Å². The minimum absolute atomic E-state index is 0.0648. The van der Waals surface area contributed by atoms with Gasteiger partial charge in [-0.1, -0.05) is 12.1 Å². The first-order chi connectivity index (χ1) is 7.33. The minimum Gasteiger partial charge on any atom is -0.492 e. The minimum atomic E-state index is -0.0648. The average molecular weight is 212 g/mol. The van der Waals surface area contributed by atoms with E-state index in [0.717, 1.165) is 0 Å². The zero-order valence-corrected chi connectivity index (χ0v) is 9.03. The summed E-state index contributed by atoms with van der Waals surface area (Å²) in [6, 6.07) is 5.41. The quantitative estimate of drug-likeness (QED) is 0.720. The number of methoxy groups -OCH3 is 2. The Morgan fingerprint density at radius 2 is 2.00 bits per heavy atom. The molecule has 1 N–H and O–H groups in total. The van der Waals surface area contributed by atoms with E-state index in [1.165, 1.54) is 0 Å². The fourth-order valence-electron chi connectivity index (χ4n) is 1.27. The van der Waals surface area contributed by atoms with E-state index in [4.69, 9.17) is 19.3 Å². The predicted octanol–water partition coefficient (Wildman–Crippen LogP) is 1.21. The molecule has 0 unspecified atom stereocenters. The van der Waals surface area contributed by atoms with Crippen molar-refractivity contribution < 1.29 is 19.3 Å². The van der Waals surface area contributed by atoms with E-state index >= 15 is 0 Å². The molecule has 4 heteroatoms. The van der Waals surface area contributed by atoms with Crippen LogP contribution in [0.5, 0.6) is 11.5 Å². The summed E-state index contributed by atoms with van der Waals surface area (Å²) in [5, 5.41) is 9.09. The van der Waals surface area contributed by atoms with Crippen LogP contribution in [0.4, 0.5) is 0 Å². The van der Waals surface area contributed by atoms with Gasteiger partial charge in [-0.3, -0.25) is 0 Å². The van der Waals surface area contributed by atoms with Crippen LogP contribution < -0.4 is 9.47 Å². The highest BCUT2D eigenvalue weighted by Gasteiger charge is 2.08. The molecular formula is C11H16O4. The molecule has 0 radical (unpaired) electrons. The molecular weight excluding hydrogens is 196 g/mol. The lowest BCUT2D eigenvalue weighted by Gasteiger charge is -2.12. The lowest BCUT2D eigenvalue weighted by Crippen LogP contribution is -2.06. The van der Waals surface area contributed by atoms with Crippen molar-refractivity contribution in [3.8, 4) is 11.5 Å². The van der Waals surface area contributed by atoms with Crippen molar-refractivity contribution in [2.45, 2.75) is 6.61 Å². The monoisotopic (exact) mass is 212 g/mol. The molecule has 0 bridgehead atoms. The van der Waals surface area contributed by atoms with Gasteiger partial charge in [0.2, 0.25) is 0 Å². The molecule has 84 valence electrons. The Hall–Kier alpha value is -1.26. The van der Waals surface area contributed by atoms with E-state index in [0.29, 0.717) is 30.3 Å². The van der Waals surface area contributed by atoms with E-state index in [1.807, 2.05) is 6.07 Å². The third kappa shape index (κ3) is 3.11. The number of aliphatic hydroxyl groups excluding tert-OH is 1. The van der Waals surface area contributed by atoms with Crippen molar-refractivity contribution in [1.29, 1.82) is 0 Å². The van der Waals surface area contributed by atoms with Crippen LogP contribution >= 0.6 is 0 Å². The summed E-state index contributed by atoms with van der Waals surface area (Å²) in [6.07, 6.45) is 0. The molecule has 0 aliphatic carbocycles. The van der Waals surface area contributed by atoms with Crippen LogP contribution in [0.3, 0.4) is 0 Å². The lowest BCUT2D eigenvalue weighted by molar-refractivity contribution is 0.144. The van der Waals surface area contributed by atoms with E-state index < -0.39 is 0 Å². The Balaban J connectivity index is 2.76. The lowest BCUT2D eigenvalue weighted by atomic mass is 10.2. The SMILES string of the molecule is COCCOc1cccc(CO)c1OC. The predicted molar refractivity (Wildman–Crippen MR) is 56.3 cm³/mol. The first kappa shape index (κ1) is 11.8. The molecule has 0 fully saturated rings. The second kappa shape index (κ2) is 6.27. The topological polar surface area (TPSA) is 47.9 Å². The normalized spacial score (nSPS) is 10.1. The Morgan fingerprint density at radius 1 is 1.20 bits per heavy atom. The van der Waals surface area contributed by atoms with Crippen LogP contribution in [0.2, 0.25) is 0 Å². The maximum atomic E-state index is 9.09. The molecule has 0 aliphatic rings. The first-order valence-electron chi connectivity index (χ1n) is 4.72. The summed E-state index contributed by atoms with van der Waals surface area (Å²) in [5.41, 5.74) is 0.715. The standard InChI is InChI=1S/C11H16O4/c1-13-6-7-15-10-5-3-4-9(8-12)11(10)14-2/h3-5,12H,6-8H2,1-2H3. The summed E-state index contributed by atoms with van der Waals surface area (Å²) < 4.78 is 15.5. The fraction of sp³-hybridized carbons (Fsp3) is 0.455. The molecule has 0 spiro atoms. The number of para-hydroxylation sites is 1. The zero-order valence-electron chi connectivity index (χ0n) is 9.03. The molecule has 1 aromatic carbocycles. The smallest absolute Gasteiger partial charge is 0.166 e. The number of hydrogen-bond acceptors (Lipinski definition) is 4. The van der Waals surface area contributed by atoms with Gasteiger partial charge in [-0.25, -0.2) is 0 Å². The first-order valence-corrected chi connectivity index (χ1v) is 4.72. The largest absolute Gasteiger partial charge is 0.492 e. The molecule has 0 aromatic heterocycles. The van der Waals surface area contributed by atoms with Crippen LogP contribution in [0, 0.1) is 0 Å². The second-order valence-corrected chi connectivity index (χ2v) is 2.95. The molecule has 4 nitrogen and oxygen atoms in total. The van der Waals surface area contributed by atoms with Gasteiger partial charge >= 0.3 is 0 Å². The van der Waals surface area contributed by atoms with Gasteiger partial charge in [-0.2, -0.15) is 0 Å².